The van der Waals surface area contributed by atoms with E-state index in [2.05, 4.69) is 35.8 Å². The van der Waals surface area contributed by atoms with Gasteiger partial charge in [-0.25, -0.2) is 0 Å². The maximum absolute atomic E-state index is 13.5. The second-order valence-electron chi connectivity index (χ2n) is 9.76. The molecular formula is C28H32N4O3. The van der Waals surface area contributed by atoms with E-state index < -0.39 is 5.54 Å². The number of allylic oxidation sites excluding steroid dienone is 1. The van der Waals surface area contributed by atoms with E-state index in [1.807, 2.05) is 31.2 Å². The van der Waals surface area contributed by atoms with Gasteiger partial charge >= 0.3 is 0 Å². The van der Waals surface area contributed by atoms with Crippen molar-refractivity contribution < 1.29 is 14.3 Å². The molecule has 4 heterocycles. The van der Waals surface area contributed by atoms with Gasteiger partial charge in [0.05, 0.1) is 25.1 Å². The van der Waals surface area contributed by atoms with Crippen molar-refractivity contribution in [3.05, 3.63) is 70.8 Å². The van der Waals surface area contributed by atoms with Crippen LogP contribution >= 0.6 is 0 Å². The third kappa shape index (κ3) is 4.43. The lowest BCUT2D eigenvalue weighted by atomic mass is 9.83. The summed E-state index contributed by atoms with van der Waals surface area (Å²) in [7, 11) is 0. The molecule has 7 nitrogen and oxygen atoms in total. The highest BCUT2D eigenvalue weighted by Crippen LogP contribution is 2.39. The minimum atomic E-state index is -0.438. The van der Waals surface area contributed by atoms with Crippen LogP contribution in [-0.2, 0) is 4.79 Å². The molecule has 3 N–H and O–H groups in total. The van der Waals surface area contributed by atoms with Crippen LogP contribution < -0.4 is 15.4 Å². The van der Waals surface area contributed by atoms with Crippen LogP contribution in [-0.4, -0.2) is 34.8 Å². The summed E-state index contributed by atoms with van der Waals surface area (Å²) < 4.78 is 5.85. The number of fused-ring (bicyclic) bond motifs is 6. The molecule has 4 aliphatic rings. The van der Waals surface area contributed by atoms with E-state index in [0.29, 0.717) is 30.8 Å². The summed E-state index contributed by atoms with van der Waals surface area (Å²) in [6.07, 6.45) is 7.42. The van der Waals surface area contributed by atoms with Gasteiger partial charge in [0.2, 0.25) is 5.91 Å². The van der Waals surface area contributed by atoms with Gasteiger partial charge in [0.25, 0.3) is 5.91 Å². The first-order valence-corrected chi connectivity index (χ1v) is 12.4. The van der Waals surface area contributed by atoms with Crippen molar-refractivity contribution in [2.75, 3.05) is 6.61 Å². The molecule has 182 valence electrons. The molecule has 0 spiro atoms. The Labute approximate surface area is 206 Å². The van der Waals surface area contributed by atoms with Crippen LogP contribution in [0.2, 0.25) is 0 Å². The maximum atomic E-state index is 13.5. The number of ether oxygens (including phenoxy) is 1. The largest absolute Gasteiger partial charge is 0.493 e. The zero-order chi connectivity index (χ0) is 24.6. The normalized spacial score (nSPS) is 27.3. The second-order valence-corrected chi connectivity index (χ2v) is 9.76. The number of guanidine groups is 1. The van der Waals surface area contributed by atoms with E-state index in [0.717, 1.165) is 36.0 Å². The lowest BCUT2D eigenvalue weighted by Crippen LogP contribution is -2.63. The molecule has 6 rings (SSSR count). The number of nitrogens with zero attached hydrogens (tertiary/aromatic N) is 1. The van der Waals surface area contributed by atoms with Gasteiger partial charge in [-0.15, -0.1) is 0 Å². The zero-order valence-electron chi connectivity index (χ0n) is 20.3. The minimum Gasteiger partial charge on any atom is -0.493 e. The molecule has 7 heteroatoms. The molecule has 4 aliphatic heterocycles. The van der Waals surface area contributed by atoms with E-state index >= 15 is 0 Å². The molecule has 0 saturated carbocycles. The Balaban J connectivity index is 1.57. The van der Waals surface area contributed by atoms with Crippen LogP contribution in [0.3, 0.4) is 0 Å². The van der Waals surface area contributed by atoms with Crippen LogP contribution in [0.5, 0.6) is 5.75 Å². The fourth-order valence-electron chi connectivity index (χ4n) is 5.39. The number of hydrogen-bond acceptors (Lipinski definition) is 4. The van der Waals surface area contributed by atoms with Gasteiger partial charge in [0.15, 0.2) is 5.96 Å². The van der Waals surface area contributed by atoms with Gasteiger partial charge in [0, 0.05) is 23.1 Å². The molecule has 3 atom stereocenters. The van der Waals surface area contributed by atoms with Gasteiger partial charge in [-0.2, -0.15) is 0 Å². The lowest BCUT2D eigenvalue weighted by Gasteiger charge is -2.46. The topological polar surface area (TPSA) is 94.5 Å². The number of carbonyl (C=O) groups is 2. The molecule has 2 aromatic carbocycles. The summed E-state index contributed by atoms with van der Waals surface area (Å²) >= 11 is 0. The molecule has 6 bridgehead atoms. The molecule has 2 amide bonds. The van der Waals surface area contributed by atoms with Crippen molar-refractivity contribution in [2.24, 2.45) is 0 Å². The molecule has 2 aromatic rings. The Morgan fingerprint density at radius 1 is 1.20 bits per heavy atom. The molecule has 35 heavy (non-hydrogen) atoms. The number of benzene rings is 2. The zero-order valence-corrected chi connectivity index (χ0v) is 20.3. The van der Waals surface area contributed by atoms with Crippen molar-refractivity contribution in [2.45, 2.75) is 63.6 Å². The van der Waals surface area contributed by atoms with E-state index in [1.54, 1.807) is 17.0 Å². The first kappa shape index (κ1) is 23.1. The molecule has 0 radical (unpaired) electrons. The van der Waals surface area contributed by atoms with Gasteiger partial charge in [-0.3, -0.25) is 19.9 Å². The SMILES string of the molecule is CC[C@]12CC/C=C/c3cccc(c3)[C@H](C)NC(=O)c3ccc4c(c3)[C@@H](CCO4)N(C(=N)N1)C(=O)C2. The highest BCUT2D eigenvalue weighted by Gasteiger charge is 2.43. The van der Waals surface area contributed by atoms with Crippen molar-refractivity contribution in [1.82, 2.24) is 15.5 Å². The Morgan fingerprint density at radius 3 is 2.86 bits per heavy atom. The molecule has 1 fully saturated rings. The highest BCUT2D eigenvalue weighted by atomic mass is 16.5. The lowest BCUT2D eigenvalue weighted by molar-refractivity contribution is -0.133. The minimum absolute atomic E-state index is 0.0604. The van der Waals surface area contributed by atoms with Crippen LogP contribution in [0, 0.1) is 5.41 Å². The maximum Gasteiger partial charge on any atom is 0.251 e. The van der Waals surface area contributed by atoms with Gasteiger partial charge in [-0.1, -0.05) is 37.3 Å². The van der Waals surface area contributed by atoms with Crippen molar-refractivity contribution in [1.29, 1.82) is 5.41 Å². The Morgan fingerprint density at radius 2 is 2.06 bits per heavy atom. The third-order valence-electron chi connectivity index (χ3n) is 7.51. The average Bonchev–Trinajstić information content (AvgIpc) is 2.85. The monoisotopic (exact) mass is 472 g/mol. The Bertz CT molecular complexity index is 1190. The van der Waals surface area contributed by atoms with E-state index in [4.69, 9.17) is 10.1 Å². The molecule has 0 unspecified atom stereocenters. The first-order chi connectivity index (χ1) is 16.9. The summed E-state index contributed by atoms with van der Waals surface area (Å²) in [5, 5.41) is 15.3. The number of amides is 2. The summed E-state index contributed by atoms with van der Waals surface area (Å²) in [5.74, 6) is 0.540. The van der Waals surface area contributed by atoms with E-state index in [-0.39, 0.29) is 29.9 Å². The Kier molecular flexibility index (Phi) is 6.09. The summed E-state index contributed by atoms with van der Waals surface area (Å²) in [6, 6.07) is 13.0. The first-order valence-electron chi connectivity index (χ1n) is 12.4. The van der Waals surface area contributed by atoms with Crippen LogP contribution in [0.25, 0.3) is 6.08 Å². The summed E-state index contributed by atoms with van der Waals surface area (Å²) in [5.41, 5.74) is 2.95. The fraction of sp³-hybridized carbons (Fsp3) is 0.393. The number of carbonyl (C=O) groups excluding carboxylic acids is 2. The third-order valence-corrected chi connectivity index (χ3v) is 7.51. The van der Waals surface area contributed by atoms with Crippen molar-refractivity contribution in [3.8, 4) is 5.75 Å². The van der Waals surface area contributed by atoms with Crippen LogP contribution in [0.1, 0.15) is 85.1 Å². The number of hydrogen-bond donors (Lipinski definition) is 3. The smallest absolute Gasteiger partial charge is 0.251 e. The van der Waals surface area contributed by atoms with Crippen molar-refractivity contribution >= 4 is 23.8 Å². The van der Waals surface area contributed by atoms with E-state index in [1.165, 1.54) is 0 Å². The van der Waals surface area contributed by atoms with Crippen LogP contribution in [0.4, 0.5) is 0 Å². The quantitative estimate of drug-likeness (QED) is 0.560. The Hall–Kier alpha value is -3.61. The van der Waals surface area contributed by atoms with Gasteiger partial charge in [0.1, 0.15) is 5.75 Å². The molecule has 0 aromatic heterocycles. The van der Waals surface area contributed by atoms with E-state index in [9.17, 15) is 9.59 Å². The second kappa shape index (κ2) is 9.21. The van der Waals surface area contributed by atoms with Crippen molar-refractivity contribution in [3.63, 3.8) is 0 Å². The van der Waals surface area contributed by atoms with Crippen LogP contribution in [0.15, 0.2) is 48.5 Å². The number of rotatable bonds is 1. The predicted molar refractivity (Wildman–Crippen MR) is 135 cm³/mol. The van der Waals surface area contributed by atoms with Gasteiger partial charge in [-0.05, 0) is 61.6 Å². The summed E-state index contributed by atoms with van der Waals surface area (Å²) in [6.45, 7) is 4.50. The molecule has 1 saturated heterocycles. The predicted octanol–water partition coefficient (Wildman–Crippen LogP) is 4.71. The summed E-state index contributed by atoms with van der Waals surface area (Å²) in [4.78, 5) is 28.2. The fourth-order valence-corrected chi connectivity index (χ4v) is 5.39. The number of nitrogens with one attached hydrogen (secondary N) is 3. The highest BCUT2D eigenvalue weighted by molar-refractivity contribution is 6.00. The standard InChI is InChI=1S/C28H32N4O3/c1-3-28-13-5-4-7-19-8-6-9-20(15-19)18(2)30-26(34)21-10-11-24-22(16-21)23(12-14-35-24)32(25(33)17-28)27(29)31-28/h4,6-11,15-16,18,23H,3,5,12-14,17H2,1-2H3,(H2,29,31)(H,30,34)/b7-4+/t18-,23+,28+/m0/s1. The van der Waals surface area contributed by atoms with Gasteiger partial charge < -0.3 is 15.4 Å². The molecular weight excluding hydrogens is 440 g/mol. The average molecular weight is 473 g/mol. The molecule has 0 aliphatic carbocycles.